The van der Waals surface area contributed by atoms with E-state index in [9.17, 15) is 23.4 Å². The molecule has 0 radical (unpaired) electrons. The first-order chi connectivity index (χ1) is 23.3. The Hall–Kier alpha value is -4.29. The Morgan fingerprint density at radius 1 is 0.771 bits per heavy atom. The lowest BCUT2D eigenvalue weighted by molar-refractivity contribution is -0.245. The fourth-order valence-electron chi connectivity index (χ4n) is 5.56. The van der Waals surface area contributed by atoms with E-state index in [1.54, 1.807) is 48.5 Å². The molecule has 10 heteroatoms. The average Bonchev–Trinajstić information content (AvgIpc) is 3.13. The van der Waals surface area contributed by atoms with Gasteiger partial charge in [0.25, 0.3) is 0 Å². The quantitative estimate of drug-likeness (QED) is 0.117. The van der Waals surface area contributed by atoms with E-state index in [4.69, 9.17) is 9.47 Å². The van der Waals surface area contributed by atoms with E-state index in [-0.39, 0.29) is 35.8 Å². The normalized spacial score (nSPS) is 18.0. The van der Waals surface area contributed by atoms with Crippen LogP contribution in [0.2, 0.25) is 0 Å². The summed E-state index contributed by atoms with van der Waals surface area (Å²) < 4.78 is 41.3. The van der Waals surface area contributed by atoms with Crippen molar-refractivity contribution in [3.8, 4) is 11.1 Å². The highest BCUT2D eigenvalue weighted by molar-refractivity contribution is 7.99. The van der Waals surface area contributed by atoms with E-state index in [0.29, 0.717) is 17.1 Å². The molecule has 6 rings (SSSR count). The number of nitrogens with one attached hydrogen (secondary N) is 1. The van der Waals surface area contributed by atoms with Crippen molar-refractivity contribution in [2.75, 3.05) is 5.75 Å². The molecule has 1 fully saturated rings. The number of carboxylic acid groups (broad SMARTS) is 1. The van der Waals surface area contributed by atoms with E-state index in [1.807, 2.05) is 78.9 Å². The summed E-state index contributed by atoms with van der Waals surface area (Å²) >= 11 is 1.45. The molecule has 5 aromatic carbocycles. The molecule has 0 aliphatic carbocycles. The molecule has 8 nitrogen and oxygen atoms in total. The van der Waals surface area contributed by atoms with Crippen LogP contribution in [0.4, 0.5) is 0 Å². The van der Waals surface area contributed by atoms with Crippen molar-refractivity contribution in [3.63, 3.8) is 0 Å². The maximum atomic E-state index is 12.8. The molecule has 1 aliphatic rings. The van der Waals surface area contributed by atoms with Gasteiger partial charge in [-0.15, -0.1) is 11.8 Å². The second-order valence-electron chi connectivity index (χ2n) is 11.4. The van der Waals surface area contributed by atoms with Crippen LogP contribution in [0, 0.1) is 0 Å². The lowest BCUT2D eigenvalue weighted by atomic mass is 9.99. The molecule has 0 unspecified atom stereocenters. The summed E-state index contributed by atoms with van der Waals surface area (Å²) in [6.07, 6.45) is -0.663. The molecule has 48 heavy (non-hydrogen) atoms. The molecule has 0 saturated carbocycles. The Morgan fingerprint density at radius 2 is 1.48 bits per heavy atom. The topological polar surface area (TPSA) is 122 Å². The lowest BCUT2D eigenvalue weighted by Gasteiger charge is -2.36. The molecule has 1 heterocycles. The molecule has 1 saturated heterocycles. The van der Waals surface area contributed by atoms with Gasteiger partial charge in [0, 0.05) is 29.2 Å². The van der Waals surface area contributed by atoms with Gasteiger partial charge >= 0.3 is 5.97 Å². The molecular formula is C38H35NO7S2. The highest BCUT2D eigenvalue weighted by atomic mass is 32.2. The van der Waals surface area contributed by atoms with Crippen molar-refractivity contribution in [2.45, 2.75) is 47.9 Å². The number of carbonyl (C=O) groups is 1. The largest absolute Gasteiger partial charge is 0.478 e. The molecule has 3 N–H and O–H groups in total. The first-order valence-electron chi connectivity index (χ1n) is 15.5. The Kier molecular flexibility index (Phi) is 10.7. The summed E-state index contributed by atoms with van der Waals surface area (Å²) in [5.74, 6) is -0.448. The van der Waals surface area contributed by atoms with Crippen molar-refractivity contribution in [2.24, 2.45) is 0 Å². The lowest BCUT2D eigenvalue weighted by Crippen LogP contribution is -2.31. The molecule has 0 amide bonds. The van der Waals surface area contributed by atoms with Crippen molar-refractivity contribution < 1.29 is 32.9 Å². The average molecular weight is 682 g/mol. The molecule has 3 atom stereocenters. The van der Waals surface area contributed by atoms with Crippen molar-refractivity contribution in [3.05, 3.63) is 155 Å². The maximum Gasteiger partial charge on any atom is 0.336 e. The summed E-state index contributed by atoms with van der Waals surface area (Å²) in [7, 11) is -3.65. The second kappa shape index (κ2) is 15.3. The van der Waals surface area contributed by atoms with Crippen molar-refractivity contribution >= 4 is 27.8 Å². The third-order valence-electron chi connectivity index (χ3n) is 8.10. The van der Waals surface area contributed by atoms with E-state index >= 15 is 0 Å². The SMILES string of the molecule is O=C(O)c1ccccc1SC[C@@H]1C[C@H](c2ccc(CO)cc2)O[C@H](c2cccc(-c3cccc(CNS(=O)(=O)c4ccccc4)c3)c2)O1. The summed E-state index contributed by atoms with van der Waals surface area (Å²) in [5, 5.41) is 19.2. The van der Waals surface area contributed by atoms with Crippen molar-refractivity contribution in [1.29, 1.82) is 0 Å². The van der Waals surface area contributed by atoms with E-state index in [1.165, 1.54) is 11.8 Å². The molecule has 0 spiro atoms. The smallest absolute Gasteiger partial charge is 0.336 e. The van der Waals surface area contributed by atoms with Gasteiger partial charge < -0.3 is 19.7 Å². The number of aliphatic hydroxyl groups is 1. The predicted molar refractivity (Wildman–Crippen MR) is 185 cm³/mol. The molecular weight excluding hydrogens is 647 g/mol. The highest BCUT2D eigenvalue weighted by Gasteiger charge is 2.32. The van der Waals surface area contributed by atoms with Gasteiger partial charge in [0.05, 0.1) is 29.3 Å². The van der Waals surface area contributed by atoms with Gasteiger partial charge in [-0.1, -0.05) is 91.0 Å². The molecule has 0 bridgehead atoms. The number of hydrogen-bond donors (Lipinski definition) is 3. The number of aliphatic hydroxyl groups excluding tert-OH is 1. The van der Waals surface area contributed by atoms with E-state index < -0.39 is 22.3 Å². The summed E-state index contributed by atoms with van der Waals surface area (Å²) in [6, 6.07) is 38.5. The van der Waals surface area contributed by atoms with Gasteiger partial charge in [-0.3, -0.25) is 0 Å². The third kappa shape index (κ3) is 8.22. The number of aromatic carboxylic acids is 1. The number of carboxylic acids is 1. The van der Waals surface area contributed by atoms with Gasteiger partial charge in [0.1, 0.15) is 0 Å². The Morgan fingerprint density at radius 3 is 2.23 bits per heavy atom. The highest BCUT2D eigenvalue weighted by Crippen LogP contribution is 2.40. The molecule has 1 aliphatic heterocycles. The van der Waals surface area contributed by atoms with Crippen LogP contribution in [0.15, 0.2) is 137 Å². The summed E-state index contributed by atoms with van der Waals surface area (Å²) in [6.45, 7) is 0.0907. The van der Waals surface area contributed by atoms with Crippen LogP contribution in [0.1, 0.15) is 51.4 Å². The molecule has 0 aromatic heterocycles. The summed E-state index contributed by atoms with van der Waals surface area (Å²) in [4.78, 5) is 12.7. The zero-order chi connectivity index (χ0) is 33.5. The van der Waals surface area contributed by atoms with Crippen LogP contribution in [0.25, 0.3) is 11.1 Å². The minimum Gasteiger partial charge on any atom is -0.478 e. The predicted octanol–water partition coefficient (Wildman–Crippen LogP) is 7.36. The minimum atomic E-state index is -3.65. The second-order valence-corrected chi connectivity index (χ2v) is 14.3. The van der Waals surface area contributed by atoms with Crippen molar-refractivity contribution in [1.82, 2.24) is 4.72 Å². The van der Waals surface area contributed by atoms with E-state index in [2.05, 4.69) is 4.72 Å². The monoisotopic (exact) mass is 681 g/mol. The summed E-state index contributed by atoms with van der Waals surface area (Å²) in [5.41, 5.74) is 5.49. The number of sulfonamides is 1. The first-order valence-corrected chi connectivity index (χ1v) is 18.0. The molecule has 5 aromatic rings. The Bertz CT molecular complexity index is 1970. The third-order valence-corrected chi connectivity index (χ3v) is 10.7. The van der Waals surface area contributed by atoms with Gasteiger partial charge in [-0.2, -0.15) is 0 Å². The van der Waals surface area contributed by atoms with Gasteiger partial charge in [0.15, 0.2) is 6.29 Å². The van der Waals surface area contributed by atoms with Crippen LogP contribution < -0.4 is 4.72 Å². The van der Waals surface area contributed by atoms with Gasteiger partial charge in [-0.25, -0.2) is 17.9 Å². The fraction of sp³-hybridized carbons (Fsp3) is 0.184. The zero-order valence-corrected chi connectivity index (χ0v) is 27.6. The van der Waals surface area contributed by atoms with Crippen LogP contribution >= 0.6 is 11.8 Å². The number of ether oxygens (including phenoxy) is 2. The minimum absolute atomic E-state index is 0.0489. The number of benzene rings is 5. The fourth-order valence-corrected chi connectivity index (χ4v) is 7.67. The number of rotatable bonds is 12. The van der Waals surface area contributed by atoms with Crippen LogP contribution in [-0.2, 0) is 32.6 Å². The van der Waals surface area contributed by atoms with Gasteiger partial charge in [0.2, 0.25) is 10.0 Å². The number of hydrogen-bond acceptors (Lipinski definition) is 7. The van der Waals surface area contributed by atoms with E-state index in [0.717, 1.165) is 33.4 Å². The Balaban J connectivity index is 1.22. The first kappa shape index (κ1) is 33.6. The van der Waals surface area contributed by atoms with Crippen LogP contribution in [-0.4, -0.2) is 36.5 Å². The van der Waals surface area contributed by atoms with Crippen LogP contribution in [0.3, 0.4) is 0 Å². The van der Waals surface area contributed by atoms with Crippen LogP contribution in [0.5, 0.6) is 0 Å². The Labute approximate surface area is 284 Å². The standard InChI is InChI=1S/C38H35NO7S2/c40-24-26-16-18-28(19-17-26)35-22-32(25-47-36-15-5-4-14-34(36)37(41)42)45-38(46-35)31-11-7-10-30(21-31)29-9-6-8-27(20-29)23-39-48(43,44)33-12-2-1-3-13-33/h1-21,32,35,38-40H,22-25H2,(H,41,42)/t32-,35+,38+/m0/s1. The molecule has 246 valence electrons. The number of thioether (sulfide) groups is 1. The zero-order valence-electron chi connectivity index (χ0n) is 25.9. The maximum absolute atomic E-state index is 12.8. The van der Waals surface area contributed by atoms with Gasteiger partial charge in [-0.05, 0) is 64.2 Å².